The minimum Gasteiger partial charge on any atom is -0.389 e. The molecule has 5 rings (SSSR count). The smallest absolute Gasteiger partial charge is 0.194 e. The number of aliphatic hydroxyl groups is 2. The summed E-state index contributed by atoms with van der Waals surface area (Å²) >= 11 is 3.61. The van der Waals surface area contributed by atoms with E-state index in [0.717, 1.165) is 12.8 Å². The molecule has 0 unspecified atom stereocenters. The van der Waals surface area contributed by atoms with Crippen LogP contribution in [0.4, 0.5) is 5.82 Å². The number of aliphatic hydroxyl groups excluding tert-OH is 2. The quantitative estimate of drug-likeness (QED) is 0.380. The predicted octanol–water partition coefficient (Wildman–Crippen LogP) is 2.50. The summed E-state index contributed by atoms with van der Waals surface area (Å²) in [5.41, 5.74) is 4.05. The molecule has 7 nitrogen and oxygen atoms in total. The standard InChI is InChI=1S/C18H18IN5O2S/c19-18-22-15(21-11-6-5-9-3-1-2-4-10(9)11)13-16(23-18)24(8-20-13)17-14(26)12(25)7-27-17/h1-4,8,11-12,14,17,25-26H,5-7H2,(H,21,22,23)/t11-,12-,14-,17-/m1/s1. The van der Waals surface area contributed by atoms with Crippen molar-refractivity contribution in [1.82, 2.24) is 19.5 Å². The molecule has 2 aromatic heterocycles. The van der Waals surface area contributed by atoms with Crippen LogP contribution in [0, 0.1) is 3.83 Å². The fraction of sp³-hybridized carbons (Fsp3) is 0.389. The highest BCUT2D eigenvalue weighted by molar-refractivity contribution is 14.1. The summed E-state index contributed by atoms with van der Waals surface area (Å²) in [4.78, 5) is 13.7. The monoisotopic (exact) mass is 495 g/mol. The Labute approximate surface area is 173 Å². The lowest BCUT2D eigenvalue weighted by Gasteiger charge is -2.18. The van der Waals surface area contributed by atoms with Crippen molar-refractivity contribution < 1.29 is 10.2 Å². The van der Waals surface area contributed by atoms with Crippen molar-refractivity contribution in [3.8, 4) is 0 Å². The Morgan fingerprint density at radius 2 is 2.07 bits per heavy atom. The molecule has 1 aliphatic heterocycles. The van der Waals surface area contributed by atoms with Gasteiger partial charge in [0.25, 0.3) is 0 Å². The first-order valence-electron chi connectivity index (χ1n) is 8.84. The van der Waals surface area contributed by atoms with E-state index in [9.17, 15) is 10.2 Å². The molecule has 4 atom stereocenters. The number of halogens is 1. The SMILES string of the molecule is O[C@@H]1[C@H](O)CS[C@H]1n1cnc2c(N[C@@H]3CCc4ccccc43)nc(I)nc21. The van der Waals surface area contributed by atoms with Crippen LogP contribution in [-0.4, -0.2) is 47.7 Å². The van der Waals surface area contributed by atoms with Gasteiger partial charge >= 0.3 is 0 Å². The first-order valence-corrected chi connectivity index (χ1v) is 11.0. The molecular formula is C18H18IN5O2S. The molecule has 0 saturated carbocycles. The zero-order valence-electron chi connectivity index (χ0n) is 14.3. The van der Waals surface area contributed by atoms with E-state index in [4.69, 9.17) is 0 Å². The molecule has 0 spiro atoms. The van der Waals surface area contributed by atoms with Crippen molar-refractivity contribution in [2.45, 2.75) is 36.5 Å². The number of aromatic nitrogens is 4. The zero-order chi connectivity index (χ0) is 18.5. The number of anilines is 1. The first kappa shape index (κ1) is 17.7. The Balaban J connectivity index is 1.53. The Hall–Kier alpha value is -1.43. The van der Waals surface area contributed by atoms with Crippen LogP contribution < -0.4 is 5.32 Å². The van der Waals surface area contributed by atoms with Gasteiger partial charge in [-0.25, -0.2) is 15.0 Å². The summed E-state index contributed by atoms with van der Waals surface area (Å²) in [5, 5.41) is 23.4. The van der Waals surface area contributed by atoms with Crippen LogP contribution in [-0.2, 0) is 6.42 Å². The molecule has 0 bridgehead atoms. The van der Waals surface area contributed by atoms with Gasteiger partial charge in [0.05, 0.1) is 18.5 Å². The molecule has 1 fully saturated rings. The topological polar surface area (TPSA) is 96.1 Å². The highest BCUT2D eigenvalue weighted by Crippen LogP contribution is 2.39. The van der Waals surface area contributed by atoms with Crippen LogP contribution >= 0.6 is 34.4 Å². The maximum absolute atomic E-state index is 10.3. The van der Waals surface area contributed by atoms with Gasteiger partial charge in [0, 0.05) is 28.3 Å². The van der Waals surface area contributed by atoms with Gasteiger partial charge in [-0.15, -0.1) is 11.8 Å². The third kappa shape index (κ3) is 3.00. The van der Waals surface area contributed by atoms with E-state index < -0.39 is 12.2 Å². The largest absolute Gasteiger partial charge is 0.389 e. The Bertz CT molecular complexity index is 1010. The van der Waals surface area contributed by atoms with E-state index in [1.807, 2.05) is 4.57 Å². The Kier molecular flexibility index (Phi) is 4.49. The number of nitrogens with one attached hydrogen (secondary N) is 1. The third-order valence-electron chi connectivity index (χ3n) is 5.24. The number of thioether (sulfide) groups is 1. The van der Waals surface area contributed by atoms with E-state index in [-0.39, 0.29) is 11.4 Å². The number of fused-ring (bicyclic) bond motifs is 2. The van der Waals surface area contributed by atoms with Crippen LogP contribution in [0.1, 0.15) is 29.0 Å². The highest BCUT2D eigenvalue weighted by Gasteiger charge is 2.36. The summed E-state index contributed by atoms with van der Waals surface area (Å²) in [6, 6.07) is 8.68. The van der Waals surface area contributed by atoms with Gasteiger partial charge in [0.15, 0.2) is 20.8 Å². The number of hydrogen-bond donors (Lipinski definition) is 3. The van der Waals surface area contributed by atoms with Crippen molar-refractivity contribution in [3.63, 3.8) is 0 Å². The Morgan fingerprint density at radius 1 is 1.22 bits per heavy atom. The average molecular weight is 495 g/mol. The lowest BCUT2D eigenvalue weighted by atomic mass is 10.1. The molecule has 2 aliphatic rings. The summed E-state index contributed by atoms with van der Waals surface area (Å²) in [6.07, 6.45) is 2.19. The number of hydrogen-bond acceptors (Lipinski definition) is 7. The van der Waals surface area contributed by atoms with Crippen LogP contribution in [0.5, 0.6) is 0 Å². The lowest BCUT2D eigenvalue weighted by Crippen LogP contribution is -2.27. The van der Waals surface area contributed by atoms with E-state index in [2.05, 4.69) is 67.1 Å². The van der Waals surface area contributed by atoms with Crippen molar-refractivity contribution >= 4 is 51.3 Å². The maximum atomic E-state index is 10.3. The third-order valence-corrected chi connectivity index (χ3v) is 7.10. The van der Waals surface area contributed by atoms with Gasteiger partial charge in [-0.2, -0.15) is 0 Å². The molecule has 0 amide bonds. The molecule has 1 saturated heterocycles. The molecule has 9 heteroatoms. The van der Waals surface area contributed by atoms with E-state index in [1.54, 1.807) is 6.33 Å². The number of imidazole rings is 1. The van der Waals surface area contributed by atoms with Crippen LogP contribution in [0.25, 0.3) is 11.2 Å². The number of benzene rings is 1. The molecule has 1 aliphatic carbocycles. The molecule has 0 radical (unpaired) electrons. The van der Waals surface area contributed by atoms with Crippen molar-refractivity contribution in [2.75, 3.05) is 11.1 Å². The molecule has 27 heavy (non-hydrogen) atoms. The van der Waals surface area contributed by atoms with E-state index in [1.165, 1.54) is 22.9 Å². The summed E-state index contributed by atoms with van der Waals surface area (Å²) < 4.78 is 2.46. The second kappa shape index (κ2) is 6.87. The molecule has 1 aromatic carbocycles. The van der Waals surface area contributed by atoms with Crippen molar-refractivity contribution in [1.29, 1.82) is 0 Å². The summed E-state index contributed by atoms with van der Waals surface area (Å²) in [7, 11) is 0. The summed E-state index contributed by atoms with van der Waals surface area (Å²) in [5.74, 6) is 1.21. The van der Waals surface area contributed by atoms with Crippen LogP contribution in [0.2, 0.25) is 0 Å². The molecule has 3 heterocycles. The van der Waals surface area contributed by atoms with Gasteiger partial charge in [0.1, 0.15) is 11.5 Å². The van der Waals surface area contributed by atoms with Crippen LogP contribution in [0.3, 0.4) is 0 Å². The number of aryl methyl sites for hydroxylation is 1. The van der Waals surface area contributed by atoms with Gasteiger partial charge in [0.2, 0.25) is 0 Å². The molecule has 3 N–H and O–H groups in total. The van der Waals surface area contributed by atoms with Crippen molar-refractivity contribution in [2.24, 2.45) is 0 Å². The van der Waals surface area contributed by atoms with Crippen LogP contribution in [0.15, 0.2) is 30.6 Å². The molecule has 3 aromatic rings. The first-order chi connectivity index (χ1) is 13.1. The number of rotatable bonds is 3. The number of nitrogens with zero attached hydrogens (tertiary/aromatic N) is 4. The van der Waals surface area contributed by atoms with Gasteiger partial charge < -0.3 is 15.5 Å². The van der Waals surface area contributed by atoms with Gasteiger partial charge in [-0.3, -0.25) is 4.57 Å². The second-order valence-corrected chi connectivity index (χ2v) is 9.00. The zero-order valence-corrected chi connectivity index (χ0v) is 17.3. The fourth-order valence-electron chi connectivity index (χ4n) is 3.88. The normalized spacial score (nSPS) is 27.2. The lowest BCUT2D eigenvalue weighted by molar-refractivity contribution is 0.0313. The minimum absolute atomic E-state index is 0.202. The van der Waals surface area contributed by atoms with E-state index >= 15 is 0 Å². The minimum atomic E-state index is -0.835. The molecule has 140 valence electrons. The average Bonchev–Trinajstić information content (AvgIpc) is 3.34. The maximum Gasteiger partial charge on any atom is 0.194 e. The molecular weight excluding hydrogens is 477 g/mol. The highest BCUT2D eigenvalue weighted by atomic mass is 127. The van der Waals surface area contributed by atoms with Gasteiger partial charge in [-0.05, 0) is 24.0 Å². The van der Waals surface area contributed by atoms with E-state index in [0.29, 0.717) is 26.6 Å². The predicted molar refractivity (Wildman–Crippen MR) is 113 cm³/mol. The second-order valence-electron chi connectivity index (χ2n) is 6.88. The van der Waals surface area contributed by atoms with Crippen molar-refractivity contribution in [3.05, 3.63) is 45.6 Å². The summed E-state index contributed by atoms with van der Waals surface area (Å²) in [6.45, 7) is 0. The van der Waals surface area contributed by atoms with Gasteiger partial charge in [-0.1, -0.05) is 24.3 Å². The fourth-order valence-corrected chi connectivity index (χ4v) is 5.63. The Morgan fingerprint density at radius 3 is 2.89 bits per heavy atom.